The van der Waals surface area contributed by atoms with Gasteiger partial charge in [-0.05, 0) is 36.1 Å². The van der Waals surface area contributed by atoms with E-state index in [2.05, 4.69) is 23.7 Å². The van der Waals surface area contributed by atoms with Gasteiger partial charge in [0.1, 0.15) is 0 Å². The predicted octanol–water partition coefficient (Wildman–Crippen LogP) is 8.88. The molecule has 6 heteroatoms. The molecule has 0 saturated carbocycles. The highest BCUT2D eigenvalue weighted by Crippen LogP contribution is 2.51. The fourth-order valence-electron chi connectivity index (χ4n) is 9.31. The van der Waals surface area contributed by atoms with Crippen LogP contribution in [0.1, 0.15) is 11.1 Å². The van der Waals surface area contributed by atoms with Gasteiger partial charge in [0.05, 0.1) is 0 Å². The predicted molar refractivity (Wildman–Crippen MR) is 212 cm³/mol. The van der Waals surface area contributed by atoms with E-state index in [1.807, 2.05) is 0 Å². The van der Waals surface area contributed by atoms with E-state index in [0.717, 1.165) is 11.1 Å². The molecule has 0 amide bonds. The molecular weight excluding hydrogens is 673 g/mol. The molecule has 8 aromatic rings. The average molecular weight is 689 g/mol. The van der Waals surface area contributed by atoms with E-state index in [4.69, 9.17) is 0 Å². The Morgan fingerprint density at radius 3 is 0.852 bits per heavy atom. The second-order valence-corrected chi connectivity index (χ2v) is 14.0. The van der Waals surface area contributed by atoms with Gasteiger partial charge in [-0.3, -0.25) is 29.4 Å². The molecule has 0 aliphatic heterocycles. The molecule has 8 aromatic carbocycles. The van der Waals surface area contributed by atoms with Crippen LogP contribution in [0.15, 0.2) is 116 Å². The Labute approximate surface area is 302 Å². The van der Waals surface area contributed by atoms with Gasteiger partial charge < -0.3 is 0 Å². The smallest absolute Gasteiger partial charge is 0.194 e. The number of rotatable bonds is 0. The number of hydrogen-bond donors (Lipinski definition) is 0. The minimum Gasteiger partial charge on any atom is -0.289 e. The first-order valence-corrected chi connectivity index (χ1v) is 17.3. The van der Waals surface area contributed by atoms with Crippen LogP contribution in [-0.4, -0.2) is 0 Å². The van der Waals surface area contributed by atoms with E-state index in [1.54, 1.807) is 97.1 Å². The summed E-state index contributed by atoms with van der Waals surface area (Å²) in [6.45, 7) is 0. The second-order valence-electron chi connectivity index (χ2n) is 14.0. The summed E-state index contributed by atoms with van der Waals surface area (Å²) in [7, 11) is 0. The lowest BCUT2D eigenvalue weighted by Gasteiger charge is -2.21. The van der Waals surface area contributed by atoms with E-state index in [9.17, 15) is 29.4 Å². The highest BCUT2D eigenvalue weighted by Gasteiger charge is 2.30. The Morgan fingerprint density at radius 2 is 0.574 bits per heavy atom. The molecule has 4 aliphatic rings. The maximum absolute atomic E-state index is 14.0. The van der Waals surface area contributed by atoms with Gasteiger partial charge in [-0.25, -0.2) is 0 Å². The zero-order chi connectivity index (χ0) is 36.3. The van der Waals surface area contributed by atoms with Crippen molar-refractivity contribution < 1.29 is 10.2 Å². The molecule has 0 unspecified atom stereocenters. The van der Waals surface area contributed by atoms with Crippen LogP contribution in [0.25, 0.3) is 108 Å². The van der Waals surface area contributed by atoms with Crippen LogP contribution >= 0.6 is 0 Å². The van der Waals surface area contributed by atoms with Crippen molar-refractivity contribution in [2.75, 3.05) is 0 Å². The molecule has 0 fully saturated rings. The largest absolute Gasteiger partial charge is 0.289 e. The maximum Gasteiger partial charge on any atom is 0.194 e. The van der Waals surface area contributed by atoms with Crippen molar-refractivity contribution in [3.63, 3.8) is 0 Å². The second kappa shape index (κ2) is 9.54. The van der Waals surface area contributed by atoms with E-state index in [0.29, 0.717) is 108 Å². The highest BCUT2D eigenvalue weighted by molar-refractivity contribution is 6.33. The minimum absolute atomic E-state index is 0.208. The lowest BCUT2D eigenvalue weighted by atomic mass is 9.80. The summed E-state index contributed by atoms with van der Waals surface area (Å²) in [6.07, 6.45) is 0. The van der Waals surface area contributed by atoms with E-state index in [1.165, 1.54) is 0 Å². The lowest BCUT2D eigenvalue weighted by molar-refractivity contribution is 0.365. The van der Waals surface area contributed by atoms with Gasteiger partial charge in [0, 0.05) is 120 Å². The summed E-state index contributed by atoms with van der Waals surface area (Å²) in [6, 6.07) is 27.2. The SMILES string of the molecule is [O]c1c2cccc3c(=O)c4cc(C#CC#Cc5cc6c7c(c5)c(=O)c5cccc8c([O])c9cccc(c6=O)c9c-7c85)cc5c4-c(c23)c2c1cccc2c5=O. The Hall–Kier alpha value is -7.80. The number of hydrogen-bond acceptors (Lipinski definition) is 4. The van der Waals surface area contributed by atoms with Gasteiger partial charge in [-0.2, -0.15) is 0 Å². The molecule has 2 radical (unpaired) electrons. The summed E-state index contributed by atoms with van der Waals surface area (Å²) >= 11 is 0. The third kappa shape index (κ3) is 3.25. The topological polar surface area (TPSA) is 108 Å². The van der Waals surface area contributed by atoms with Crippen molar-refractivity contribution >= 4 is 86.2 Å². The number of benzene rings is 12. The summed E-state index contributed by atoms with van der Waals surface area (Å²) < 4.78 is 0. The molecule has 4 aliphatic carbocycles. The third-order valence-electron chi connectivity index (χ3n) is 11.4. The first kappa shape index (κ1) is 28.8. The molecule has 6 nitrogen and oxygen atoms in total. The van der Waals surface area contributed by atoms with Crippen LogP contribution < -0.4 is 21.7 Å². The van der Waals surface area contributed by atoms with Crippen molar-refractivity contribution in [2.24, 2.45) is 0 Å². The fourth-order valence-corrected chi connectivity index (χ4v) is 9.31. The van der Waals surface area contributed by atoms with Crippen molar-refractivity contribution in [3.05, 3.63) is 149 Å². The molecule has 244 valence electrons. The van der Waals surface area contributed by atoms with Crippen LogP contribution in [0.3, 0.4) is 0 Å². The minimum atomic E-state index is -0.287. The Kier molecular flexibility index (Phi) is 5.10. The molecule has 0 aromatic heterocycles. The quantitative estimate of drug-likeness (QED) is 0.0901. The zero-order valence-electron chi connectivity index (χ0n) is 27.7. The molecule has 0 N–H and O–H groups in total. The van der Waals surface area contributed by atoms with Crippen molar-refractivity contribution in [1.82, 2.24) is 0 Å². The molecule has 0 bridgehead atoms. The normalized spacial score (nSPS) is 12.2. The van der Waals surface area contributed by atoms with E-state index < -0.39 is 0 Å². The van der Waals surface area contributed by atoms with Crippen molar-refractivity contribution in [2.45, 2.75) is 0 Å². The summed E-state index contributed by atoms with van der Waals surface area (Å²) in [5, 5.41) is 34.1. The molecular formula is C48H16O6. The van der Waals surface area contributed by atoms with Crippen molar-refractivity contribution in [1.29, 1.82) is 0 Å². The highest BCUT2D eigenvalue weighted by atomic mass is 16.3. The first-order chi connectivity index (χ1) is 26.3. The summed E-state index contributed by atoms with van der Waals surface area (Å²) in [5.74, 6) is 11.3. The van der Waals surface area contributed by atoms with E-state index in [-0.39, 0.29) is 33.2 Å². The molecule has 0 spiro atoms. The van der Waals surface area contributed by atoms with Crippen molar-refractivity contribution in [3.8, 4) is 57.4 Å². The zero-order valence-corrected chi connectivity index (χ0v) is 27.7. The monoisotopic (exact) mass is 688 g/mol. The van der Waals surface area contributed by atoms with Gasteiger partial charge in [-0.1, -0.05) is 84.6 Å². The first-order valence-electron chi connectivity index (χ1n) is 17.3. The third-order valence-corrected chi connectivity index (χ3v) is 11.4. The van der Waals surface area contributed by atoms with Crippen LogP contribution in [-0.2, 0) is 10.2 Å². The summed E-state index contributed by atoms with van der Waals surface area (Å²) in [4.78, 5) is 55.9. The van der Waals surface area contributed by atoms with Gasteiger partial charge >= 0.3 is 0 Å². The Bertz CT molecular complexity index is 3470. The van der Waals surface area contributed by atoms with Crippen LogP contribution in [0, 0.1) is 23.7 Å². The Balaban J connectivity index is 1.08. The van der Waals surface area contributed by atoms with Crippen LogP contribution in [0.4, 0.5) is 0 Å². The standard InChI is InChI=1S/C48H16O6/c49-43-23-9-3-13-27-35(23)41-36-24(43)10-4-14-28(36)46(52)32-18-21(17-31(39(32)41)45(27)51)7-1-2-8-22-19-33-40-34(20-22)48(54)30-16-6-12-26-38(30)42(40)37-25(44(26)50)11-5-15-29(37)47(33)53/h3-6,9-20H. The Morgan fingerprint density at radius 1 is 0.315 bits per heavy atom. The molecule has 12 rings (SSSR count). The molecule has 0 atom stereocenters. The molecule has 0 heterocycles. The van der Waals surface area contributed by atoms with Gasteiger partial charge in [-0.15, -0.1) is 0 Å². The average Bonchev–Trinajstić information content (AvgIpc) is 3.20. The summed E-state index contributed by atoms with van der Waals surface area (Å²) in [5.41, 5.74) is 2.18. The van der Waals surface area contributed by atoms with Gasteiger partial charge in [0.25, 0.3) is 0 Å². The van der Waals surface area contributed by atoms with Crippen LogP contribution in [0.5, 0.6) is 11.5 Å². The lowest BCUT2D eigenvalue weighted by Crippen LogP contribution is -2.13. The molecule has 0 saturated heterocycles. The van der Waals surface area contributed by atoms with E-state index >= 15 is 0 Å². The molecule has 54 heavy (non-hydrogen) atoms. The maximum atomic E-state index is 14.0. The fraction of sp³-hybridized carbons (Fsp3) is 0. The van der Waals surface area contributed by atoms with Gasteiger partial charge in [0.15, 0.2) is 33.2 Å². The van der Waals surface area contributed by atoms with Crippen LogP contribution in [0.2, 0.25) is 0 Å². The van der Waals surface area contributed by atoms with Gasteiger partial charge in [0.2, 0.25) is 0 Å².